The van der Waals surface area contributed by atoms with Crippen molar-refractivity contribution < 1.29 is 4.74 Å². The molecular weight excluding hydrogens is 220 g/mol. The quantitative estimate of drug-likeness (QED) is 0.740. The molecule has 17 heavy (non-hydrogen) atoms. The van der Waals surface area contributed by atoms with Crippen LogP contribution in [-0.2, 0) is 4.74 Å². The van der Waals surface area contributed by atoms with Gasteiger partial charge in [0.1, 0.15) is 5.82 Å². The summed E-state index contributed by atoms with van der Waals surface area (Å²) in [6.45, 7) is 5.84. The molecule has 0 aliphatic carbocycles. The number of aromatic amines is 1. The number of rotatable bonds is 2. The highest BCUT2D eigenvalue weighted by Crippen LogP contribution is 2.23. The lowest BCUT2D eigenvalue weighted by Gasteiger charge is -2.42. The third-order valence-electron chi connectivity index (χ3n) is 2.73. The molecule has 1 saturated heterocycles. The van der Waals surface area contributed by atoms with E-state index < -0.39 is 0 Å². The predicted octanol–water partition coefficient (Wildman–Crippen LogP) is -0.288. The van der Waals surface area contributed by atoms with Crippen molar-refractivity contribution in [2.45, 2.75) is 25.6 Å². The van der Waals surface area contributed by atoms with Gasteiger partial charge in [0, 0.05) is 25.7 Å². The van der Waals surface area contributed by atoms with Crippen LogP contribution in [0.15, 0.2) is 17.2 Å². The first-order valence-electron chi connectivity index (χ1n) is 5.68. The maximum Gasteiger partial charge on any atom is 0.252 e. The van der Waals surface area contributed by atoms with Crippen LogP contribution in [0.2, 0.25) is 0 Å². The van der Waals surface area contributed by atoms with Crippen LogP contribution >= 0.6 is 0 Å². The van der Waals surface area contributed by atoms with E-state index in [9.17, 15) is 4.79 Å². The van der Waals surface area contributed by atoms with Crippen molar-refractivity contribution in [1.82, 2.24) is 9.97 Å². The minimum absolute atomic E-state index is 0.0279. The fourth-order valence-electron chi connectivity index (χ4n) is 2.12. The summed E-state index contributed by atoms with van der Waals surface area (Å²) in [6.07, 6.45) is 1.39. The number of hydrogen-bond acceptors (Lipinski definition) is 5. The van der Waals surface area contributed by atoms with Crippen molar-refractivity contribution in [2.75, 3.05) is 24.5 Å². The molecule has 6 heteroatoms. The summed E-state index contributed by atoms with van der Waals surface area (Å²) in [7, 11) is 0. The lowest BCUT2D eigenvalue weighted by Crippen LogP contribution is -2.55. The standard InChI is InChI=1S/C11H18N4O2/c1-11(2)6-15(5-8(4-12)17-11)9-3-10(16)14-7-13-9/h3,7-8H,4-6,12H2,1-2H3,(H,13,14,16). The molecule has 1 fully saturated rings. The normalized spacial score (nSPS) is 23.7. The van der Waals surface area contributed by atoms with Gasteiger partial charge in [0.05, 0.1) is 18.0 Å². The first kappa shape index (κ1) is 12.1. The van der Waals surface area contributed by atoms with Crippen LogP contribution in [0.4, 0.5) is 5.82 Å². The number of nitrogens with two attached hydrogens (primary N) is 1. The van der Waals surface area contributed by atoms with E-state index in [0.717, 1.165) is 0 Å². The SMILES string of the molecule is CC1(C)CN(c2cc(=O)[nH]cn2)CC(CN)O1. The van der Waals surface area contributed by atoms with Gasteiger partial charge < -0.3 is 20.4 Å². The molecule has 0 radical (unpaired) electrons. The maximum atomic E-state index is 11.3. The number of H-pyrrole nitrogens is 1. The number of ether oxygens (including phenoxy) is 1. The Morgan fingerprint density at radius 1 is 1.71 bits per heavy atom. The Bertz CT molecular complexity index is 443. The minimum atomic E-state index is -0.285. The zero-order valence-corrected chi connectivity index (χ0v) is 10.1. The Labute approximate surface area is 99.8 Å². The third-order valence-corrected chi connectivity index (χ3v) is 2.73. The lowest BCUT2D eigenvalue weighted by atomic mass is 10.1. The highest BCUT2D eigenvalue weighted by Gasteiger charge is 2.33. The molecule has 0 amide bonds. The molecule has 1 aliphatic heterocycles. The first-order valence-corrected chi connectivity index (χ1v) is 5.68. The van der Waals surface area contributed by atoms with E-state index in [1.807, 2.05) is 18.7 Å². The average molecular weight is 238 g/mol. The molecule has 1 atom stereocenters. The summed E-state index contributed by atoms with van der Waals surface area (Å²) < 4.78 is 5.82. The van der Waals surface area contributed by atoms with Crippen molar-refractivity contribution in [3.63, 3.8) is 0 Å². The van der Waals surface area contributed by atoms with Gasteiger partial charge in [-0.25, -0.2) is 4.98 Å². The fourth-order valence-corrected chi connectivity index (χ4v) is 2.12. The number of nitrogens with one attached hydrogen (secondary N) is 1. The number of nitrogens with zero attached hydrogens (tertiary/aromatic N) is 2. The molecule has 0 saturated carbocycles. The summed E-state index contributed by atoms with van der Waals surface area (Å²) in [4.78, 5) is 20.0. The second-order valence-electron chi connectivity index (χ2n) is 4.89. The second kappa shape index (κ2) is 4.46. The Hall–Kier alpha value is -1.40. The Morgan fingerprint density at radius 2 is 2.47 bits per heavy atom. The first-order chi connectivity index (χ1) is 8.00. The summed E-state index contributed by atoms with van der Waals surface area (Å²) in [5.41, 5.74) is 5.22. The molecule has 94 valence electrons. The smallest absolute Gasteiger partial charge is 0.252 e. The number of anilines is 1. The molecule has 0 bridgehead atoms. The van der Waals surface area contributed by atoms with Crippen LogP contribution in [0, 0.1) is 0 Å². The monoisotopic (exact) mass is 238 g/mol. The Kier molecular flexibility index (Phi) is 3.17. The van der Waals surface area contributed by atoms with Crippen LogP contribution in [-0.4, -0.2) is 41.3 Å². The van der Waals surface area contributed by atoms with E-state index in [0.29, 0.717) is 25.5 Å². The molecule has 1 unspecified atom stereocenters. The summed E-state index contributed by atoms with van der Waals surface area (Å²) >= 11 is 0. The molecule has 0 aromatic carbocycles. The highest BCUT2D eigenvalue weighted by molar-refractivity contribution is 5.38. The molecule has 1 aromatic rings. The van der Waals surface area contributed by atoms with Crippen molar-refractivity contribution in [2.24, 2.45) is 5.73 Å². The summed E-state index contributed by atoms with van der Waals surface area (Å²) in [5, 5.41) is 0. The van der Waals surface area contributed by atoms with Gasteiger partial charge in [-0.2, -0.15) is 0 Å². The summed E-state index contributed by atoms with van der Waals surface area (Å²) in [5.74, 6) is 0.670. The van der Waals surface area contributed by atoms with Gasteiger partial charge in [0.25, 0.3) is 5.56 Å². The van der Waals surface area contributed by atoms with E-state index in [4.69, 9.17) is 10.5 Å². The molecule has 1 aliphatic rings. The molecule has 0 spiro atoms. The van der Waals surface area contributed by atoms with Crippen molar-refractivity contribution in [3.8, 4) is 0 Å². The molecule has 2 heterocycles. The minimum Gasteiger partial charge on any atom is -0.367 e. The van der Waals surface area contributed by atoms with Crippen LogP contribution in [0.5, 0.6) is 0 Å². The average Bonchev–Trinajstić information content (AvgIpc) is 2.27. The van der Waals surface area contributed by atoms with Gasteiger partial charge in [-0.15, -0.1) is 0 Å². The topological polar surface area (TPSA) is 84.2 Å². The molecule has 3 N–H and O–H groups in total. The van der Waals surface area contributed by atoms with Crippen molar-refractivity contribution in [1.29, 1.82) is 0 Å². The van der Waals surface area contributed by atoms with Crippen LogP contribution in [0.25, 0.3) is 0 Å². The van der Waals surface area contributed by atoms with E-state index >= 15 is 0 Å². The summed E-state index contributed by atoms with van der Waals surface area (Å²) in [6, 6.07) is 1.50. The van der Waals surface area contributed by atoms with Gasteiger partial charge in [-0.05, 0) is 13.8 Å². The van der Waals surface area contributed by atoms with Gasteiger partial charge in [0.2, 0.25) is 0 Å². The zero-order chi connectivity index (χ0) is 12.5. The fraction of sp³-hybridized carbons (Fsp3) is 0.636. The second-order valence-corrected chi connectivity index (χ2v) is 4.89. The van der Waals surface area contributed by atoms with Gasteiger partial charge in [-0.1, -0.05) is 0 Å². The van der Waals surface area contributed by atoms with Crippen molar-refractivity contribution >= 4 is 5.82 Å². The van der Waals surface area contributed by atoms with Crippen LogP contribution in [0.1, 0.15) is 13.8 Å². The largest absolute Gasteiger partial charge is 0.367 e. The van der Waals surface area contributed by atoms with Gasteiger partial charge >= 0.3 is 0 Å². The Morgan fingerprint density at radius 3 is 3.12 bits per heavy atom. The van der Waals surface area contributed by atoms with E-state index in [1.54, 1.807) is 0 Å². The lowest BCUT2D eigenvalue weighted by molar-refractivity contribution is -0.0790. The van der Waals surface area contributed by atoms with Crippen molar-refractivity contribution in [3.05, 3.63) is 22.7 Å². The van der Waals surface area contributed by atoms with Crippen LogP contribution in [0.3, 0.4) is 0 Å². The third kappa shape index (κ3) is 2.83. The maximum absolute atomic E-state index is 11.3. The number of aromatic nitrogens is 2. The zero-order valence-electron chi connectivity index (χ0n) is 10.1. The number of morpholine rings is 1. The highest BCUT2D eigenvalue weighted by atomic mass is 16.5. The molecule has 2 rings (SSSR count). The predicted molar refractivity (Wildman–Crippen MR) is 65.1 cm³/mol. The Balaban J connectivity index is 2.23. The molecule has 1 aromatic heterocycles. The van der Waals surface area contributed by atoms with E-state index in [2.05, 4.69) is 9.97 Å². The van der Waals surface area contributed by atoms with Gasteiger partial charge in [0.15, 0.2) is 0 Å². The van der Waals surface area contributed by atoms with E-state index in [-0.39, 0.29) is 17.3 Å². The van der Waals surface area contributed by atoms with Gasteiger partial charge in [-0.3, -0.25) is 4.79 Å². The number of hydrogen-bond donors (Lipinski definition) is 2. The molecular formula is C11H18N4O2. The van der Waals surface area contributed by atoms with E-state index in [1.165, 1.54) is 12.4 Å². The van der Waals surface area contributed by atoms with Crippen LogP contribution < -0.4 is 16.2 Å². The molecule has 6 nitrogen and oxygen atoms in total.